The predicted octanol–water partition coefficient (Wildman–Crippen LogP) is 2.92. The van der Waals surface area contributed by atoms with Gasteiger partial charge in [-0.05, 0) is 19.3 Å². The molecule has 3 atom stereocenters. The lowest BCUT2D eigenvalue weighted by atomic mass is 10.0. The molecule has 0 radical (unpaired) electrons. The van der Waals surface area contributed by atoms with Crippen molar-refractivity contribution in [1.82, 2.24) is 0 Å². The van der Waals surface area contributed by atoms with Gasteiger partial charge in [0.25, 0.3) is 0 Å². The van der Waals surface area contributed by atoms with Crippen molar-refractivity contribution in [3.63, 3.8) is 0 Å². The van der Waals surface area contributed by atoms with E-state index in [9.17, 15) is 4.79 Å². The van der Waals surface area contributed by atoms with E-state index in [2.05, 4.69) is 13.8 Å². The van der Waals surface area contributed by atoms with Crippen LogP contribution in [0.4, 0.5) is 0 Å². The van der Waals surface area contributed by atoms with Crippen molar-refractivity contribution in [2.45, 2.75) is 65.1 Å². The van der Waals surface area contributed by atoms with E-state index >= 15 is 0 Å². The standard InChI is InChI=1S/C13H24O3/c1-4-6-7-11(5-2)9-15-13(14)8-12-10(3)16-12/h10-12H,4-9H2,1-3H3. The maximum Gasteiger partial charge on any atom is 0.308 e. The average Bonchev–Trinajstić information content (AvgIpc) is 2.94. The molecule has 0 N–H and O–H groups in total. The van der Waals surface area contributed by atoms with E-state index in [0.717, 1.165) is 12.8 Å². The molecule has 94 valence electrons. The van der Waals surface area contributed by atoms with Gasteiger partial charge in [-0.2, -0.15) is 0 Å². The summed E-state index contributed by atoms with van der Waals surface area (Å²) in [4.78, 5) is 11.4. The second-order valence-corrected chi connectivity index (χ2v) is 4.68. The van der Waals surface area contributed by atoms with E-state index < -0.39 is 0 Å². The number of rotatable bonds is 8. The predicted molar refractivity (Wildman–Crippen MR) is 63.2 cm³/mol. The largest absolute Gasteiger partial charge is 0.465 e. The van der Waals surface area contributed by atoms with E-state index in [-0.39, 0.29) is 18.2 Å². The lowest BCUT2D eigenvalue weighted by Gasteiger charge is -2.14. The lowest BCUT2D eigenvalue weighted by molar-refractivity contribution is -0.145. The van der Waals surface area contributed by atoms with Crippen molar-refractivity contribution in [3.8, 4) is 0 Å². The molecular formula is C13H24O3. The van der Waals surface area contributed by atoms with E-state index in [1.165, 1.54) is 12.8 Å². The number of hydrogen-bond acceptors (Lipinski definition) is 3. The van der Waals surface area contributed by atoms with Crippen molar-refractivity contribution in [2.24, 2.45) is 5.92 Å². The van der Waals surface area contributed by atoms with Crippen LogP contribution in [0.2, 0.25) is 0 Å². The van der Waals surface area contributed by atoms with Crippen molar-refractivity contribution in [1.29, 1.82) is 0 Å². The summed E-state index contributed by atoms with van der Waals surface area (Å²) in [5.74, 6) is 0.422. The second kappa shape index (κ2) is 6.89. The summed E-state index contributed by atoms with van der Waals surface area (Å²) < 4.78 is 10.5. The van der Waals surface area contributed by atoms with Crippen molar-refractivity contribution in [2.75, 3.05) is 6.61 Å². The van der Waals surface area contributed by atoms with Gasteiger partial charge >= 0.3 is 5.97 Å². The number of carbonyl (C=O) groups is 1. The molecule has 1 heterocycles. The Morgan fingerprint density at radius 1 is 1.44 bits per heavy atom. The molecule has 1 aliphatic rings. The number of carbonyl (C=O) groups excluding carboxylic acids is 1. The molecule has 0 aromatic carbocycles. The maximum absolute atomic E-state index is 11.4. The monoisotopic (exact) mass is 228 g/mol. The third kappa shape index (κ3) is 4.97. The molecule has 1 fully saturated rings. The normalized spacial score (nSPS) is 25.2. The van der Waals surface area contributed by atoms with Crippen LogP contribution < -0.4 is 0 Å². The zero-order valence-corrected chi connectivity index (χ0v) is 10.7. The van der Waals surface area contributed by atoms with Gasteiger partial charge in [0.15, 0.2) is 0 Å². The fourth-order valence-corrected chi connectivity index (χ4v) is 1.78. The topological polar surface area (TPSA) is 38.8 Å². The van der Waals surface area contributed by atoms with Gasteiger partial charge in [0.05, 0.1) is 25.2 Å². The highest BCUT2D eigenvalue weighted by atomic mass is 16.6. The van der Waals surface area contributed by atoms with Crippen molar-refractivity contribution in [3.05, 3.63) is 0 Å². The Balaban J connectivity index is 2.08. The molecule has 0 saturated carbocycles. The molecule has 3 unspecified atom stereocenters. The summed E-state index contributed by atoms with van der Waals surface area (Å²) in [6.07, 6.45) is 5.46. The van der Waals surface area contributed by atoms with Gasteiger partial charge < -0.3 is 9.47 Å². The number of unbranched alkanes of at least 4 members (excludes halogenated alkanes) is 1. The lowest BCUT2D eigenvalue weighted by Crippen LogP contribution is -2.15. The fourth-order valence-electron chi connectivity index (χ4n) is 1.78. The second-order valence-electron chi connectivity index (χ2n) is 4.68. The smallest absolute Gasteiger partial charge is 0.308 e. The molecule has 0 aromatic rings. The highest BCUT2D eigenvalue weighted by Gasteiger charge is 2.36. The summed E-state index contributed by atoms with van der Waals surface area (Å²) in [6, 6.07) is 0. The first kappa shape index (κ1) is 13.5. The van der Waals surface area contributed by atoms with Crippen LogP contribution in [-0.4, -0.2) is 24.8 Å². The molecule has 1 rings (SSSR count). The summed E-state index contributed by atoms with van der Waals surface area (Å²) >= 11 is 0. The minimum absolute atomic E-state index is 0.107. The molecule has 0 aliphatic carbocycles. The first-order valence-electron chi connectivity index (χ1n) is 6.48. The summed E-state index contributed by atoms with van der Waals surface area (Å²) in [7, 11) is 0. The third-order valence-electron chi connectivity index (χ3n) is 3.23. The molecular weight excluding hydrogens is 204 g/mol. The number of ether oxygens (including phenoxy) is 2. The third-order valence-corrected chi connectivity index (χ3v) is 3.23. The van der Waals surface area contributed by atoms with Crippen molar-refractivity contribution < 1.29 is 14.3 Å². The van der Waals surface area contributed by atoms with Crippen LogP contribution in [0.15, 0.2) is 0 Å². The molecule has 0 aromatic heterocycles. The summed E-state index contributed by atoms with van der Waals surface area (Å²) in [6.45, 7) is 6.90. The van der Waals surface area contributed by atoms with Gasteiger partial charge in [-0.3, -0.25) is 4.79 Å². The van der Waals surface area contributed by atoms with Crippen LogP contribution >= 0.6 is 0 Å². The Morgan fingerprint density at radius 2 is 2.12 bits per heavy atom. The fraction of sp³-hybridized carbons (Fsp3) is 0.923. The van der Waals surface area contributed by atoms with E-state index in [0.29, 0.717) is 18.9 Å². The highest BCUT2D eigenvalue weighted by molar-refractivity contribution is 5.70. The average molecular weight is 228 g/mol. The molecule has 0 amide bonds. The van der Waals surface area contributed by atoms with Crippen LogP contribution in [0.3, 0.4) is 0 Å². The summed E-state index contributed by atoms with van der Waals surface area (Å²) in [5, 5.41) is 0. The van der Waals surface area contributed by atoms with E-state index in [4.69, 9.17) is 9.47 Å². The molecule has 3 nitrogen and oxygen atoms in total. The number of hydrogen-bond donors (Lipinski definition) is 0. The molecule has 0 spiro atoms. The van der Waals surface area contributed by atoms with Crippen LogP contribution in [0.5, 0.6) is 0 Å². The first-order chi connectivity index (χ1) is 7.67. The van der Waals surface area contributed by atoms with Gasteiger partial charge in [0, 0.05) is 0 Å². The summed E-state index contributed by atoms with van der Waals surface area (Å²) in [5.41, 5.74) is 0. The molecule has 0 bridgehead atoms. The van der Waals surface area contributed by atoms with Crippen LogP contribution in [0.1, 0.15) is 52.9 Å². The zero-order chi connectivity index (χ0) is 12.0. The molecule has 1 aliphatic heterocycles. The Hall–Kier alpha value is -0.570. The van der Waals surface area contributed by atoms with Gasteiger partial charge in [-0.25, -0.2) is 0 Å². The van der Waals surface area contributed by atoms with Crippen LogP contribution in [0, 0.1) is 5.92 Å². The van der Waals surface area contributed by atoms with E-state index in [1.54, 1.807) is 0 Å². The van der Waals surface area contributed by atoms with Gasteiger partial charge in [-0.1, -0.05) is 33.1 Å². The highest BCUT2D eigenvalue weighted by Crippen LogP contribution is 2.24. The molecule has 16 heavy (non-hydrogen) atoms. The number of epoxide rings is 1. The van der Waals surface area contributed by atoms with Gasteiger partial charge in [-0.15, -0.1) is 0 Å². The Bertz CT molecular complexity index is 215. The number of esters is 1. The Labute approximate surface area is 98.5 Å². The minimum atomic E-state index is -0.107. The van der Waals surface area contributed by atoms with Gasteiger partial charge in [0.1, 0.15) is 0 Å². The van der Waals surface area contributed by atoms with Crippen LogP contribution in [-0.2, 0) is 14.3 Å². The van der Waals surface area contributed by atoms with Gasteiger partial charge in [0.2, 0.25) is 0 Å². The Kier molecular flexibility index (Phi) is 5.81. The maximum atomic E-state index is 11.4. The minimum Gasteiger partial charge on any atom is -0.465 e. The Morgan fingerprint density at radius 3 is 2.62 bits per heavy atom. The first-order valence-corrected chi connectivity index (χ1v) is 6.48. The SMILES string of the molecule is CCCCC(CC)COC(=O)CC1OC1C. The van der Waals surface area contributed by atoms with Crippen LogP contribution in [0.25, 0.3) is 0 Å². The van der Waals surface area contributed by atoms with Crippen molar-refractivity contribution >= 4 is 5.97 Å². The van der Waals surface area contributed by atoms with E-state index in [1.807, 2.05) is 6.92 Å². The molecule has 1 saturated heterocycles. The zero-order valence-electron chi connectivity index (χ0n) is 10.7. The molecule has 3 heteroatoms. The quantitative estimate of drug-likeness (QED) is 0.473.